The molecule has 2 aromatic carbocycles. The fraction of sp³-hybridized carbons (Fsp3) is 0.312. The van der Waals surface area contributed by atoms with Gasteiger partial charge in [-0.1, -0.05) is 75.4 Å². The average Bonchev–Trinajstić information content (AvgIpc) is 3.48. The van der Waals surface area contributed by atoms with Gasteiger partial charge in [0.05, 0.1) is 23.9 Å². The number of aliphatic hydroxyl groups excluding tert-OH is 1. The highest BCUT2D eigenvalue weighted by Gasteiger charge is 2.48. The minimum Gasteiger partial charge on any atom is -0.507 e. The van der Waals surface area contributed by atoms with Crippen LogP contribution in [0, 0.1) is 6.92 Å². The lowest BCUT2D eigenvalue weighted by Gasteiger charge is -2.23. The molecule has 3 aromatic rings. The number of aryl methyl sites for hydroxylation is 1. The van der Waals surface area contributed by atoms with Crippen molar-refractivity contribution >= 4 is 39.9 Å². The van der Waals surface area contributed by atoms with Gasteiger partial charge in [0, 0.05) is 5.56 Å². The standard InChI is InChI=1S/C32H34N2O6S/c1-6-8-18-39-24-15-13-23(14-16-24)27(35)25-26(22-11-9-21(10-12-22)19(3)4)34(30(37)28(25)36)32-33-20(5)29(41-32)31(38)40-17-7-2/h7,9-16,19,26,35H,2,6,8,17-18H2,1,3-5H3/t26-/m0/s1. The number of carbonyl (C=O) groups is 3. The summed E-state index contributed by atoms with van der Waals surface area (Å²) >= 11 is 0.961. The van der Waals surface area contributed by atoms with Gasteiger partial charge in [0.25, 0.3) is 5.78 Å². The molecular weight excluding hydrogens is 540 g/mol. The van der Waals surface area contributed by atoms with Gasteiger partial charge in [-0.05, 0) is 54.7 Å². The monoisotopic (exact) mass is 574 g/mol. The zero-order valence-corrected chi connectivity index (χ0v) is 24.5. The second-order valence-electron chi connectivity index (χ2n) is 10.0. The topological polar surface area (TPSA) is 106 Å². The van der Waals surface area contributed by atoms with Crippen LogP contribution in [0.15, 0.2) is 66.8 Å². The van der Waals surface area contributed by atoms with Crippen molar-refractivity contribution in [1.82, 2.24) is 4.98 Å². The van der Waals surface area contributed by atoms with E-state index in [2.05, 4.69) is 32.3 Å². The second kappa shape index (κ2) is 13.0. The number of unbranched alkanes of at least 4 members (excludes halogenated alkanes) is 1. The number of carbonyl (C=O) groups excluding carboxylic acids is 3. The van der Waals surface area contributed by atoms with E-state index < -0.39 is 23.7 Å². The molecule has 0 aliphatic carbocycles. The van der Waals surface area contributed by atoms with E-state index in [1.54, 1.807) is 31.2 Å². The number of esters is 1. The van der Waals surface area contributed by atoms with Crippen molar-refractivity contribution in [2.75, 3.05) is 18.1 Å². The molecule has 9 heteroatoms. The van der Waals surface area contributed by atoms with Gasteiger partial charge >= 0.3 is 11.9 Å². The number of aromatic nitrogens is 1. The molecule has 0 radical (unpaired) electrons. The Kier molecular flexibility index (Phi) is 9.39. The smallest absolute Gasteiger partial charge is 0.350 e. The third kappa shape index (κ3) is 6.25. The number of nitrogens with zero attached hydrogens (tertiary/aromatic N) is 2. The van der Waals surface area contributed by atoms with Crippen LogP contribution in [-0.4, -0.2) is 41.0 Å². The summed E-state index contributed by atoms with van der Waals surface area (Å²) in [5.74, 6) is -1.66. The van der Waals surface area contributed by atoms with E-state index in [-0.39, 0.29) is 33.9 Å². The second-order valence-corrected chi connectivity index (χ2v) is 11.0. The van der Waals surface area contributed by atoms with Crippen LogP contribution in [-0.2, 0) is 14.3 Å². The maximum atomic E-state index is 13.5. The van der Waals surface area contributed by atoms with Crippen molar-refractivity contribution in [3.63, 3.8) is 0 Å². The van der Waals surface area contributed by atoms with Crippen LogP contribution in [0.1, 0.15) is 77.6 Å². The van der Waals surface area contributed by atoms with Gasteiger partial charge in [-0.2, -0.15) is 0 Å². The minimum absolute atomic E-state index is 0.0284. The lowest BCUT2D eigenvalue weighted by Crippen LogP contribution is -2.29. The van der Waals surface area contributed by atoms with Crippen molar-refractivity contribution < 1.29 is 29.0 Å². The predicted octanol–water partition coefficient (Wildman–Crippen LogP) is 6.72. The van der Waals surface area contributed by atoms with Gasteiger partial charge in [-0.15, -0.1) is 0 Å². The van der Waals surface area contributed by atoms with Crippen molar-refractivity contribution in [3.8, 4) is 5.75 Å². The molecule has 1 saturated heterocycles. The number of amides is 1. The highest BCUT2D eigenvalue weighted by molar-refractivity contribution is 7.17. The number of thiazole rings is 1. The van der Waals surface area contributed by atoms with Gasteiger partial charge in [-0.25, -0.2) is 9.78 Å². The fourth-order valence-corrected chi connectivity index (χ4v) is 5.47. The number of Topliss-reactive ketones (excluding diaryl/α,β-unsaturated/α-hetero) is 1. The molecule has 1 aliphatic rings. The first-order valence-electron chi connectivity index (χ1n) is 13.6. The number of aliphatic hydroxyl groups is 1. The molecule has 1 N–H and O–H groups in total. The third-order valence-corrected chi connectivity index (χ3v) is 7.90. The first-order chi connectivity index (χ1) is 19.7. The van der Waals surface area contributed by atoms with E-state index in [1.165, 1.54) is 11.0 Å². The molecule has 2 heterocycles. The Labute approximate surface area is 243 Å². The van der Waals surface area contributed by atoms with Gasteiger partial charge in [0.2, 0.25) is 0 Å². The van der Waals surface area contributed by atoms with E-state index in [0.717, 1.165) is 29.7 Å². The molecule has 1 fully saturated rings. The van der Waals surface area contributed by atoms with E-state index in [4.69, 9.17) is 9.47 Å². The Bertz CT molecular complexity index is 1470. The Hall–Kier alpha value is -4.24. The molecule has 1 amide bonds. The van der Waals surface area contributed by atoms with Crippen molar-refractivity contribution in [1.29, 1.82) is 0 Å². The third-order valence-electron chi connectivity index (χ3n) is 6.77. The van der Waals surface area contributed by atoms with E-state index in [0.29, 0.717) is 29.2 Å². The van der Waals surface area contributed by atoms with Crippen LogP contribution in [0.4, 0.5) is 5.13 Å². The van der Waals surface area contributed by atoms with Gasteiger partial charge in [0.1, 0.15) is 23.0 Å². The van der Waals surface area contributed by atoms with Crippen molar-refractivity contribution in [2.24, 2.45) is 0 Å². The van der Waals surface area contributed by atoms with Crippen LogP contribution in [0.2, 0.25) is 0 Å². The number of ketones is 1. The molecule has 1 atom stereocenters. The van der Waals surface area contributed by atoms with Gasteiger partial charge < -0.3 is 14.6 Å². The predicted molar refractivity (Wildman–Crippen MR) is 159 cm³/mol. The normalized spacial score (nSPS) is 16.3. The molecule has 0 unspecified atom stereocenters. The Morgan fingerprint density at radius 2 is 1.83 bits per heavy atom. The summed E-state index contributed by atoms with van der Waals surface area (Å²) in [5, 5.41) is 11.6. The Morgan fingerprint density at radius 1 is 1.15 bits per heavy atom. The number of hydrogen-bond donors (Lipinski definition) is 1. The maximum Gasteiger partial charge on any atom is 0.350 e. The summed E-state index contributed by atoms with van der Waals surface area (Å²) in [7, 11) is 0. The molecule has 8 nitrogen and oxygen atoms in total. The number of hydrogen-bond acceptors (Lipinski definition) is 8. The molecule has 4 rings (SSSR count). The number of benzene rings is 2. The molecule has 1 aliphatic heterocycles. The average molecular weight is 575 g/mol. The first-order valence-corrected chi connectivity index (χ1v) is 14.4. The zero-order valence-electron chi connectivity index (χ0n) is 23.7. The highest BCUT2D eigenvalue weighted by Crippen LogP contribution is 2.44. The number of ether oxygens (including phenoxy) is 2. The summed E-state index contributed by atoms with van der Waals surface area (Å²) in [6.45, 7) is 12.0. The summed E-state index contributed by atoms with van der Waals surface area (Å²) in [5.41, 5.74) is 2.39. The minimum atomic E-state index is -0.959. The van der Waals surface area contributed by atoms with Crippen LogP contribution >= 0.6 is 11.3 Å². The molecule has 0 saturated carbocycles. The Morgan fingerprint density at radius 3 is 2.44 bits per heavy atom. The highest BCUT2D eigenvalue weighted by atomic mass is 32.1. The number of rotatable bonds is 11. The maximum absolute atomic E-state index is 13.5. The van der Waals surface area contributed by atoms with Crippen LogP contribution in [0.25, 0.3) is 5.76 Å². The molecule has 214 valence electrons. The van der Waals surface area contributed by atoms with Crippen molar-refractivity contribution in [2.45, 2.75) is 52.5 Å². The largest absolute Gasteiger partial charge is 0.507 e. The quantitative estimate of drug-likeness (QED) is 0.0676. The van der Waals surface area contributed by atoms with Crippen LogP contribution in [0.5, 0.6) is 5.75 Å². The van der Waals surface area contributed by atoms with E-state index in [9.17, 15) is 19.5 Å². The van der Waals surface area contributed by atoms with Gasteiger partial charge in [-0.3, -0.25) is 14.5 Å². The summed E-state index contributed by atoms with van der Waals surface area (Å²) in [6.07, 6.45) is 3.39. The van der Waals surface area contributed by atoms with Crippen molar-refractivity contribution in [3.05, 3.63) is 94.0 Å². The van der Waals surface area contributed by atoms with Crippen LogP contribution < -0.4 is 9.64 Å². The lowest BCUT2D eigenvalue weighted by molar-refractivity contribution is -0.132. The van der Waals surface area contributed by atoms with Crippen LogP contribution in [0.3, 0.4) is 0 Å². The summed E-state index contributed by atoms with van der Waals surface area (Å²) < 4.78 is 10.9. The van der Waals surface area contributed by atoms with Gasteiger partial charge in [0.15, 0.2) is 5.13 Å². The molecule has 1 aromatic heterocycles. The van der Waals surface area contributed by atoms with E-state index >= 15 is 0 Å². The first kappa shape index (κ1) is 29.7. The fourth-order valence-electron chi connectivity index (χ4n) is 4.48. The molecule has 0 spiro atoms. The molecular formula is C32H34N2O6S. The summed E-state index contributed by atoms with van der Waals surface area (Å²) in [6, 6.07) is 13.4. The number of anilines is 1. The summed E-state index contributed by atoms with van der Waals surface area (Å²) in [4.78, 5) is 45.6. The Balaban J connectivity index is 1.81. The zero-order chi connectivity index (χ0) is 29.7. The lowest BCUT2D eigenvalue weighted by atomic mass is 9.93. The molecule has 41 heavy (non-hydrogen) atoms. The SMILES string of the molecule is C=CCOC(=O)c1sc(N2C(=O)C(=O)C(=C(O)c3ccc(OCCCC)cc3)[C@@H]2c2ccc(C(C)C)cc2)nc1C. The molecule has 0 bridgehead atoms. The van der Waals surface area contributed by atoms with E-state index in [1.807, 2.05) is 24.3 Å².